The first-order valence-electron chi connectivity index (χ1n) is 7.97. The molecule has 2 N–H and O–H groups in total. The summed E-state index contributed by atoms with van der Waals surface area (Å²) in [5.41, 5.74) is 5.08. The number of rotatable bonds is 7. The van der Waals surface area contributed by atoms with Gasteiger partial charge in [-0.15, -0.1) is 0 Å². The lowest BCUT2D eigenvalue weighted by Crippen LogP contribution is -2.19. The van der Waals surface area contributed by atoms with Crippen molar-refractivity contribution in [2.75, 3.05) is 12.4 Å². The van der Waals surface area contributed by atoms with E-state index in [1.807, 2.05) is 37.3 Å². The number of fused-ring (bicyclic) bond motifs is 1. The summed E-state index contributed by atoms with van der Waals surface area (Å²) >= 11 is 7.43. The van der Waals surface area contributed by atoms with Crippen LogP contribution in [0.5, 0.6) is 5.75 Å². The van der Waals surface area contributed by atoms with Crippen LogP contribution in [0.15, 0.2) is 52.7 Å². The standard InChI is InChI=1S/C18H17ClN4O2S/c1-2-25-16-8-7-12(9-13(16)19)10-20-23-17(24)11-26-18-21-14-5-3-4-6-15(14)22-18/h3-10H,2,11H2,1H3,(H,21,22)(H,23,24)/b20-10-. The second-order valence-corrected chi connectivity index (χ2v) is 6.64. The molecule has 1 aromatic heterocycles. The number of aromatic amines is 1. The summed E-state index contributed by atoms with van der Waals surface area (Å²) in [5.74, 6) is 0.614. The van der Waals surface area contributed by atoms with Crippen LogP contribution >= 0.6 is 23.4 Å². The molecule has 0 radical (unpaired) electrons. The highest BCUT2D eigenvalue weighted by Crippen LogP contribution is 2.24. The van der Waals surface area contributed by atoms with E-state index in [1.54, 1.807) is 12.1 Å². The molecule has 134 valence electrons. The van der Waals surface area contributed by atoms with Crippen molar-refractivity contribution in [3.8, 4) is 5.75 Å². The fraction of sp³-hybridized carbons (Fsp3) is 0.167. The summed E-state index contributed by atoms with van der Waals surface area (Å²) in [6, 6.07) is 13.0. The summed E-state index contributed by atoms with van der Waals surface area (Å²) in [5, 5.41) is 5.15. The number of ether oxygens (including phenoxy) is 1. The molecule has 1 heterocycles. The fourth-order valence-corrected chi connectivity index (χ4v) is 3.13. The number of nitrogens with zero attached hydrogens (tertiary/aromatic N) is 2. The highest BCUT2D eigenvalue weighted by molar-refractivity contribution is 7.99. The number of nitrogens with one attached hydrogen (secondary N) is 2. The van der Waals surface area contributed by atoms with E-state index in [9.17, 15) is 4.79 Å². The van der Waals surface area contributed by atoms with E-state index >= 15 is 0 Å². The number of carbonyl (C=O) groups excluding carboxylic acids is 1. The van der Waals surface area contributed by atoms with Gasteiger partial charge in [-0.3, -0.25) is 4.79 Å². The SMILES string of the molecule is CCOc1ccc(/C=N\NC(=O)CSc2nc3ccccc3[nH]2)cc1Cl. The van der Waals surface area contributed by atoms with Gasteiger partial charge in [-0.25, -0.2) is 10.4 Å². The molecule has 6 nitrogen and oxygen atoms in total. The Hall–Kier alpha value is -2.51. The first kappa shape index (κ1) is 18.3. The Morgan fingerprint density at radius 2 is 2.23 bits per heavy atom. The van der Waals surface area contributed by atoms with Crippen molar-refractivity contribution in [1.82, 2.24) is 15.4 Å². The van der Waals surface area contributed by atoms with Crippen molar-refractivity contribution in [1.29, 1.82) is 0 Å². The third-order valence-corrected chi connectivity index (χ3v) is 4.53. The number of H-pyrrole nitrogens is 1. The van der Waals surface area contributed by atoms with Crippen LogP contribution in [0.4, 0.5) is 0 Å². The minimum atomic E-state index is -0.219. The third kappa shape index (κ3) is 4.77. The summed E-state index contributed by atoms with van der Waals surface area (Å²) in [7, 11) is 0. The van der Waals surface area contributed by atoms with E-state index in [1.165, 1.54) is 18.0 Å². The quantitative estimate of drug-likeness (QED) is 0.366. The van der Waals surface area contributed by atoms with Gasteiger partial charge in [-0.1, -0.05) is 35.5 Å². The Kier molecular flexibility index (Phi) is 6.14. The van der Waals surface area contributed by atoms with Gasteiger partial charge in [0.15, 0.2) is 5.16 Å². The average Bonchev–Trinajstić information content (AvgIpc) is 3.05. The van der Waals surface area contributed by atoms with Gasteiger partial charge < -0.3 is 9.72 Å². The van der Waals surface area contributed by atoms with Gasteiger partial charge in [0.2, 0.25) is 0 Å². The van der Waals surface area contributed by atoms with Crippen molar-refractivity contribution >= 4 is 46.5 Å². The number of para-hydroxylation sites is 2. The van der Waals surface area contributed by atoms with Crippen LogP contribution in [-0.2, 0) is 4.79 Å². The maximum Gasteiger partial charge on any atom is 0.250 e. The zero-order chi connectivity index (χ0) is 18.4. The molecule has 0 fully saturated rings. The van der Waals surface area contributed by atoms with Crippen molar-refractivity contribution in [3.05, 3.63) is 53.1 Å². The fourth-order valence-electron chi connectivity index (χ4n) is 2.21. The van der Waals surface area contributed by atoms with Gasteiger partial charge in [-0.2, -0.15) is 5.10 Å². The number of halogens is 1. The van der Waals surface area contributed by atoms with Crippen LogP contribution in [0.1, 0.15) is 12.5 Å². The lowest BCUT2D eigenvalue weighted by atomic mass is 10.2. The molecular formula is C18H17ClN4O2S. The number of hydrogen-bond donors (Lipinski definition) is 2. The minimum Gasteiger partial charge on any atom is -0.492 e. The molecule has 0 bridgehead atoms. The molecule has 0 aliphatic carbocycles. The third-order valence-electron chi connectivity index (χ3n) is 3.37. The minimum absolute atomic E-state index is 0.210. The van der Waals surface area contributed by atoms with Crippen LogP contribution in [-0.4, -0.2) is 34.4 Å². The Bertz CT molecular complexity index is 909. The molecule has 3 rings (SSSR count). The highest BCUT2D eigenvalue weighted by Gasteiger charge is 2.06. The average molecular weight is 389 g/mol. The van der Waals surface area contributed by atoms with Gasteiger partial charge in [0.1, 0.15) is 5.75 Å². The second kappa shape index (κ2) is 8.73. The smallest absolute Gasteiger partial charge is 0.250 e. The summed E-state index contributed by atoms with van der Waals surface area (Å²) < 4.78 is 5.37. The van der Waals surface area contributed by atoms with Gasteiger partial charge >= 0.3 is 0 Å². The number of hydrogen-bond acceptors (Lipinski definition) is 5. The van der Waals surface area contributed by atoms with Crippen LogP contribution in [0, 0.1) is 0 Å². The molecular weight excluding hydrogens is 372 g/mol. The van der Waals surface area contributed by atoms with E-state index in [0.29, 0.717) is 22.5 Å². The molecule has 8 heteroatoms. The van der Waals surface area contributed by atoms with Crippen molar-refractivity contribution < 1.29 is 9.53 Å². The molecule has 3 aromatic rings. The van der Waals surface area contributed by atoms with E-state index in [0.717, 1.165) is 16.6 Å². The van der Waals surface area contributed by atoms with Gasteiger partial charge in [-0.05, 0) is 42.8 Å². The van der Waals surface area contributed by atoms with Crippen molar-refractivity contribution in [2.45, 2.75) is 12.1 Å². The highest BCUT2D eigenvalue weighted by atomic mass is 35.5. The van der Waals surface area contributed by atoms with Gasteiger partial charge in [0.05, 0.1) is 34.6 Å². The number of hydrazone groups is 1. The normalized spacial score (nSPS) is 11.2. The number of carbonyl (C=O) groups is 1. The van der Waals surface area contributed by atoms with Crippen LogP contribution in [0.2, 0.25) is 5.02 Å². The molecule has 1 amide bonds. The van der Waals surface area contributed by atoms with E-state index in [4.69, 9.17) is 16.3 Å². The van der Waals surface area contributed by atoms with E-state index < -0.39 is 0 Å². The Morgan fingerprint density at radius 3 is 3.00 bits per heavy atom. The predicted molar refractivity (Wildman–Crippen MR) is 105 cm³/mol. The maximum absolute atomic E-state index is 11.9. The summed E-state index contributed by atoms with van der Waals surface area (Å²) in [6.07, 6.45) is 1.53. The lowest BCUT2D eigenvalue weighted by Gasteiger charge is -2.05. The zero-order valence-corrected chi connectivity index (χ0v) is 15.6. The topological polar surface area (TPSA) is 79.4 Å². The maximum atomic E-state index is 11.9. The molecule has 0 aliphatic rings. The van der Waals surface area contributed by atoms with Crippen molar-refractivity contribution in [2.24, 2.45) is 5.10 Å². The molecule has 2 aromatic carbocycles. The Morgan fingerprint density at radius 1 is 1.38 bits per heavy atom. The molecule has 0 atom stereocenters. The molecule has 0 aliphatic heterocycles. The number of thioether (sulfide) groups is 1. The predicted octanol–water partition coefficient (Wildman–Crippen LogP) is 3.86. The Balaban J connectivity index is 1.50. The van der Waals surface area contributed by atoms with Gasteiger partial charge in [0.25, 0.3) is 5.91 Å². The van der Waals surface area contributed by atoms with Crippen LogP contribution in [0.25, 0.3) is 11.0 Å². The zero-order valence-electron chi connectivity index (χ0n) is 14.0. The molecule has 26 heavy (non-hydrogen) atoms. The Labute approximate surface area is 160 Å². The molecule has 0 spiro atoms. The first-order valence-corrected chi connectivity index (χ1v) is 9.34. The molecule has 0 saturated heterocycles. The van der Waals surface area contributed by atoms with Crippen LogP contribution in [0.3, 0.4) is 0 Å². The van der Waals surface area contributed by atoms with E-state index in [2.05, 4.69) is 20.5 Å². The number of aromatic nitrogens is 2. The summed E-state index contributed by atoms with van der Waals surface area (Å²) in [4.78, 5) is 19.5. The number of imidazole rings is 1. The van der Waals surface area contributed by atoms with Crippen molar-refractivity contribution in [3.63, 3.8) is 0 Å². The summed E-state index contributed by atoms with van der Waals surface area (Å²) in [6.45, 7) is 2.44. The van der Waals surface area contributed by atoms with Gasteiger partial charge in [0, 0.05) is 0 Å². The largest absolute Gasteiger partial charge is 0.492 e. The van der Waals surface area contributed by atoms with E-state index in [-0.39, 0.29) is 11.7 Å². The first-order chi connectivity index (χ1) is 12.7. The lowest BCUT2D eigenvalue weighted by molar-refractivity contribution is -0.118. The molecule has 0 unspecified atom stereocenters. The number of benzene rings is 2. The monoisotopic (exact) mass is 388 g/mol. The number of amides is 1. The van der Waals surface area contributed by atoms with Crippen LogP contribution < -0.4 is 10.2 Å². The molecule has 0 saturated carbocycles. The second-order valence-electron chi connectivity index (χ2n) is 5.26.